The standard InChI is InChI=1S/C32H23NO5/c1-37-21-15-12-20(13-16-21)29(34)28-27(25-11-6-18-38-25)32(30(35)22-8-3-4-9-23(22)31(32)36)26-17-14-19-7-2-5-10-24(19)33(26)28/h2-18,26-28H,1H3/t26-,27+,28-/m0/s1. The second-order valence-electron chi connectivity index (χ2n) is 9.87. The molecule has 1 spiro atoms. The average Bonchev–Trinajstić information content (AvgIpc) is 3.66. The average molecular weight is 502 g/mol. The molecule has 0 radical (unpaired) electrons. The topological polar surface area (TPSA) is 76.8 Å². The predicted octanol–water partition coefficient (Wildman–Crippen LogP) is 5.60. The van der Waals surface area contributed by atoms with Gasteiger partial charge in [-0.2, -0.15) is 0 Å². The highest BCUT2D eigenvalue weighted by molar-refractivity contribution is 6.32. The molecule has 1 aliphatic carbocycles. The number of ether oxygens (including phenoxy) is 1. The predicted molar refractivity (Wildman–Crippen MR) is 142 cm³/mol. The first-order valence-corrected chi connectivity index (χ1v) is 12.5. The Balaban J connectivity index is 1.51. The number of Topliss-reactive ketones (excluding diaryl/α,β-unsaturated/α-hetero) is 3. The minimum absolute atomic E-state index is 0.197. The van der Waals surface area contributed by atoms with Crippen molar-refractivity contribution in [3.8, 4) is 5.75 Å². The zero-order chi connectivity index (χ0) is 26.0. The number of carbonyl (C=O) groups is 3. The van der Waals surface area contributed by atoms with Crippen LogP contribution in [0.25, 0.3) is 6.08 Å². The molecule has 2 aliphatic heterocycles. The Morgan fingerprint density at radius 3 is 2.21 bits per heavy atom. The number of anilines is 1. The molecule has 0 amide bonds. The van der Waals surface area contributed by atoms with E-state index in [4.69, 9.17) is 9.15 Å². The molecule has 0 N–H and O–H groups in total. The third-order valence-corrected chi connectivity index (χ3v) is 8.21. The fraction of sp³-hybridized carbons (Fsp3) is 0.156. The van der Waals surface area contributed by atoms with Gasteiger partial charge in [0.15, 0.2) is 17.3 Å². The number of hydrogen-bond acceptors (Lipinski definition) is 6. The van der Waals surface area contributed by atoms with E-state index in [1.807, 2.05) is 41.3 Å². The van der Waals surface area contributed by atoms with E-state index in [9.17, 15) is 14.4 Å². The summed E-state index contributed by atoms with van der Waals surface area (Å²) in [6, 6.07) is 23.6. The largest absolute Gasteiger partial charge is 0.497 e. The lowest BCUT2D eigenvalue weighted by Gasteiger charge is -2.37. The number of furan rings is 1. The van der Waals surface area contributed by atoms with Crippen LogP contribution in [0.4, 0.5) is 5.69 Å². The number of benzene rings is 3. The third kappa shape index (κ3) is 2.80. The highest BCUT2D eigenvalue weighted by Crippen LogP contribution is 2.61. The van der Waals surface area contributed by atoms with Gasteiger partial charge in [-0.3, -0.25) is 14.4 Å². The molecule has 0 saturated carbocycles. The van der Waals surface area contributed by atoms with Crippen LogP contribution < -0.4 is 9.64 Å². The van der Waals surface area contributed by atoms with Crippen molar-refractivity contribution >= 4 is 29.1 Å². The molecule has 3 atom stereocenters. The van der Waals surface area contributed by atoms with Gasteiger partial charge < -0.3 is 14.1 Å². The molecule has 6 heteroatoms. The molecule has 3 aliphatic rings. The molecule has 186 valence electrons. The smallest absolute Gasteiger partial charge is 0.186 e. The maximum atomic E-state index is 14.5. The van der Waals surface area contributed by atoms with Crippen LogP contribution in [-0.2, 0) is 0 Å². The van der Waals surface area contributed by atoms with E-state index in [0.29, 0.717) is 28.2 Å². The first-order valence-electron chi connectivity index (χ1n) is 12.5. The van der Waals surface area contributed by atoms with Gasteiger partial charge in [-0.25, -0.2) is 0 Å². The minimum atomic E-state index is -1.56. The lowest BCUT2D eigenvalue weighted by molar-refractivity contribution is 0.0652. The Kier molecular flexibility index (Phi) is 4.82. The number of para-hydroxylation sites is 1. The SMILES string of the molecule is COc1ccc(C(=O)[C@@H]2[C@@H](c3ccco3)C3(C(=O)c4ccccc4C3=O)[C@@H]3C=Cc4ccccc4N23)cc1. The zero-order valence-corrected chi connectivity index (χ0v) is 20.5. The van der Waals surface area contributed by atoms with E-state index in [0.717, 1.165) is 11.3 Å². The molecule has 3 heterocycles. The van der Waals surface area contributed by atoms with Crippen LogP contribution in [0.1, 0.15) is 48.3 Å². The summed E-state index contributed by atoms with van der Waals surface area (Å²) < 4.78 is 11.2. The highest BCUT2D eigenvalue weighted by atomic mass is 16.5. The van der Waals surface area contributed by atoms with Crippen LogP contribution >= 0.6 is 0 Å². The van der Waals surface area contributed by atoms with Crippen molar-refractivity contribution in [3.05, 3.63) is 125 Å². The fourth-order valence-corrected chi connectivity index (χ4v) is 6.62. The monoisotopic (exact) mass is 501 g/mol. The second-order valence-corrected chi connectivity index (χ2v) is 9.87. The maximum Gasteiger partial charge on any atom is 0.186 e. The number of nitrogens with zero attached hydrogens (tertiary/aromatic N) is 1. The Morgan fingerprint density at radius 1 is 0.868 bits per heavy atom. The number of fused-ring (bicyclic) bond motifs is 5. The Bertz CT molecular complexity index is 1600. The van der Waals surface area contributed by atoms with E-state index in [1.165, 1.54) is 6.26 Å². The van der Waals surface area contributed by atoms with Crippen LogP contribution in [0.2, 0.25) is 0 Å². The molecule has 38 heavy (non-hydrogen) atoms. The van der Waals surface area contributed by atoms with Gasteiger partial charge >= 0.3 is 0 Å². The van der Waals surface area contributed by atoms with E-state index in [-0.39, 0.29) is 17.3 Å². The first-order chi connectivity index (χ1) is 18.6. The van der Waals surface area contributed by atoms with Crippen LogP contribution in [0.15, 0.2) is 102 Å². The van der Waals surface area contributed by atoms with Gasteiger partial charge in [0, 0.05) is 22.4 Å². The molecule has 0 unspecified atom stereocenters. The maximum absolute atomic E-state index is 14.5. The van der Waals surface area contributed by atoms with Gasteiger partial charge in [-0.1, -0.05) is 54.6 Å². The van der Waals surface area contributed by atoms with E-state index in [2.05, 4.69) is 0 Å². The summed E-state index contributed by atoms with van der Waals surface area (Å²) in [5.41, 5.74) is 1.40. The quantitative estimate of drug-likeness (QED) is 0.267. The van der Waals surface area contributed by atoms with Crippen molar-refractivity contribution in [2.45, 2.75) is 18.0 Å². The summed E-state index contributed by atoms with van der Waals surface area (Å²) in [5, 5.41) is 0. The summed E-state index contributed by atoms with van der Waals surface area (Å²) in [5.74, 6) is -0.524. The lowest BCUT2D eigenvalue weighted by Crippen LogP contribution is -2.48. The van der Waals surface area contributed by atoms with Crippen molar-refractivity contribution in [1.29, 1.82) is 0 Å². The first kappa shape index (κ1) is 22.5. The van der Waals surface area contributed by atoms with Crippen LogP contribution in [0, 0.1) is 5.41 Å². The number of methoxy groups -OCH3 is 1. The Labute approximate surface area is 219 Å². The number of hydrogen-bond donors (Lipinski definition) is 0. The molecule has 7 rings (SSSR count). The van der Waals surface area contributed by atoms with E-state index in [1.54, 1.807) is 67.8 Å². The van der Waals surface area contributed by atoms with Gasteiger partial charge in [0.25, 0.3) is 0 Å². The van der Waals surface area contributed by atoms with Crippen molar-refractivity contribution < 1.29 is 23.5 Å². The molecule has 4 aromatic rings. The van der Waals surface area contributed by atoms with Crippen molar-refractivity contribution in [2.75, 3.05) is 12.0 Å². The van der Waals surface area contributed by atoms with Gasteiger partial charge in [0.05, 0.1) is 25.3 Å². The highest BCUT2D eigenvalue weighted by Gasteiger charge is 2.72. The molecular weight excluding hydrogens is 478 g/mol. The molecule has 1 fully saturated rings. The molecule has 1 aromatic heterocycles. The van der Waals surface area contributed by atoms with Crippen LogP contribution in [0.5, 0.6) is 5.75 Å². The van der Waals surface area contributed by atoms with Crippen LogP contribution in [-0.4, -0.2) is 36.5 Å². The van der Waals surface area contributed by atoms with Crippen molar-refractivity contribution in [3.63, 3.8) is 0 Å². The fourth-order valence-electron chi connectivity index (χ4n) is 6.62. The van der Waals surface area contributed by atoms with Crippen LogP contribution in [0.3, 0.4) is 0 Å². The molecule has 1 saturated heterocycles. The molecular formula is C32H23NO5. The summed E-state index contributed by atoms with van der Waals surface area (Å²) >= 11 is 0. The number of carbonyl (C=O) groups excluding carboxylic acids is 3. The van der Waals surface area contributed by atoms with Crippen molar-refractivity contribution in [1.82, 2.24) is 0 Å². The molecule has 3 aromatic carbocycles. The van der Waals surface area contributed by atoms with Gasteiger partial charge in [0.2, 0.25) is 0 Å². The van der Waals surface area contributed by atoms with Gasteiger partial charge in [-0.05, 0) is 48.0 Å². The third-order valence-electron chi connectivity index (χ3n) is 8.21. The summed E-state index contributed by atoms with van der Waals surface area (Å²) in [7, 11) is 1.57. The summed E-state index contributed by atoms with van der Waals surface area (Å²) in [4.78, 5) is 45.3. The summed E-state index contributed by atoms with van der Waals surface area (Å²) in [6.45, 7) is 0. The van der Waals surface area contributed by atoms with Crippen molar-refractivity contribution in [2.24, 2.45) is 5.41 Å². The normalized spacial score (nSPS) is 22.3. The summed E-state index contributed by atoms with van der Waals surface area (Å²) in [6.07, 6.45) is 5.37. The Morgan fingerprint density at radius 2 is 1.55 bits per heavy atom. The second kappa shape index (κ2) is 8.15. The van der Waals surface area contributed by atoms with E-state index >= 15 is 0 Å². The molecule has 0 bridgehead atoms. The zero-order valence-electron chi connectivity index (χ0n) is 20.5. The van der Waals surface area contributed by atoms with Gasteiger partial charge in [-0.15, -0.1) is 0 Å². The number of rotatable bonds is 4. The van der Waals surface area contributed by atoms with E-state index < -0.39 is 23.4 Å². The number of ketones is 3. The minimum Gasteiger partial charge on any atom is -0.497 e. The Hall–Kier alpha value is -4.71. The molecule has 6 nitrogen and oxygen atoms in total. The lowest BCUT2D eigenvalue weighted by atomic mass is 9.65. The van der Waals surface area contributed by atoms with Gasteiger partial charge in [0.1, 0.15) is 23.0 Å².